The maximum Gasteiger partial charge on any atom is 0.168 e. The van der Waals surface area contributed by atoms with Gasteiger partial charge in [-0.25, -0.2) is 8.78 Å². The third-order valence-electron chi connectivity index (χ3n) is 2.25. The molecule has 0 unspecified atom stereocenters. The van der Waals surface area contributed by atoms with Crippen LogP contribution in [0.15, 0.2) is 12.1 Å². The van der Waals surface area contributed by atoms with Gasteiger partial charge >= 0.3 is 0 Å². The van der Waals surface area contributed by atoms with Crippen LogP contribution in [0.25, 0.3) is 0 Å². The van der Waals surface area contributed by atoms with Crippen LogP contribution >= 0.6 is 0 Å². The number of hydrogen-bond acceptors (Lipinski definition) is 1. The number of ether oxygens (including phenoxy) is 1. The summed E-state index contributed by atoms with van der Waals surface area (Å²) in [4.78, 5) is 0. The molecule has 3 heteroatoms. The SMILES string of the molecule is C#CC(C)(C)c1cc(F)cc(F)c1OC. The highest BCUT2D eigenvalue weighted by Gasteiger charge is 2.25. The van der Waals surface area contributed by atoms with Gasteiger partial charge in [0.05, 0.1) is 12.5 Å². The summed E-state index contributed by atoms with van der Waals surface area (Å²) in [7, 11) is 1.33. The number of hydrogen-bond donors (Lipinski definition) is 0. The Labute approximate surface area is 88.1 Å². The second kappa shape index (κ2) is 3.90. The minimum atomic E-state index is -0.770. The summed E-state index contributed by atoms with van der Waals surface area (Å²) in [5, 5.41) is 0. The van der Waals surface area contributed by atoms with Crippen molar-refractivity contribution in [3.8, 4) is 18.1 Å². The van der Waals surface area contributed by atoms with Crippen LogP contribution < -0.4 is 4.74 Å². The molecule has 0 aliphatic heterocycles. The Bertz CT molecular complexity index is 416. The Hall–Kier alpha value is -1.56. The zero-order valence-electron chi connectivity index (χ0n) is 8.90. The summed E-state index contributed by atoms with van der Waals surface area (Å²) in [6.45, 7) is 3.40. The highest BCUT2D eigenvalue weighted by atomic mass is 19.1. The van der Waals surface area contributed by atoms with E-state index in [1.54, 1.807) is 13.8 Å². The van der Waals surface area contributed by atoms with Crippen molar-refractivity contribution in [3.05, 3.63) is 29.3 Å². The minimum absolute atomic E-state index is 0.000602. The van der Waals surface area contributed by atoms with Crippen molar-refractivity contribution in [1.82, 2.24) is 0 Å². The van der Waals surface area contributed by atoms with E-state index >= 15 is 0 Å². The van der Waals surface area contributed by atoms with E-state index in [0.717, 1.165) is 6.07 Å². The fourth-order valence-corrected chi connectivity index (χ4v) is 1.31. The van der Waals surface area contributed by atoms with Crippen molar-refractivity contribution >= 4 is 0 Å². The molecule has 80 valence electrons. The third-order valence-corrected chi connectivity index (χ3v) is 2.25. The van der Waals surface area contributed by atoms with E-state index in [0.29, 0.717) is 5.56 Å². The quantitative estimate of drug-likeness (QED) is 0.682. The Morgan fingerprint density at radius 1 is 1.33 bits per heavy atom. The van der Waals surface area contributed by atoms with Crippen LogP contribution in [0.4, 0.5) is 8.78 Å². The largest absolute Gasteiger partial charge is 0.493 e. The van der Waals surface area contributed by atoms with Gasteiger partial charge in [0.15, 0.2) is 11.6 Å². The maximum atomic E-state index is 13.3. The second-order valence-electron chi connectivity index (χ2n) is 3.74. The minimum Gasteiger partial charge on any atom is -0.493 e. The van der Waals surface area contributed by atoms with Gasteiger partial charge in [0.25, 0.3) is 0 Å². The van der Waals surface area contributed by atoms with Gasteiger partial charge in [-0.15, -0.1) is 6.42 Å². The first-order valence-corrected chi connectivity index (χ1v) is 4.43. The molecular formula is C12H12F2O. The maximum absolute atomic E-state index is 13.3. The van der Waals surface area contributed by atoms with Gasteiger partial charge in [-0.05, 0) is 19.9 Å². The molecule has 1 aromatic carbocycles. The van der Waals surface area contributed by atoms with Gasteiger partial charge in [0, 0.05) is 11.6 Å². The molecule has 0 aliphatic rings. The Kier molecular flexibility index (Phi) is 2.99. The lowest BCUT2D eigenvalue weighted by Gasteiger charge is -2.21. The first-order chi connectivity index (χ1) is 6.92. The average Bonchev–Trinajstić information content (AvgIpc) is 2.16. The summed E-state index contributed by atoms with van der Waals surface area (Å²) in [6.07, 6.45) is 5.31. The molecular weight excluding hydrogens is 198 g/mol. The summed E-state index contributed by atoms with van der Waals surface area (Å²) in [6, 6.07) is 1.97. The Balaban J connectivity index is 3.47. The van der Waals surface area contributed by atoms with Crippen LogP contribution in [-0.4, -0.2) is 7.11 Å². The van der Waals surface area contributed by atoms with Gasteiger partial charge in [-0.1, -0.05) is 5.92 Å². The average molecular weight is 210 g/mol. The fraction of sp³-hybridized carbons (Fsp3) is 0.333. The molecule has 0 saturated carbocycles. The lowest BCUT2D eigenvalue weighted by Crippen LogP contribution is -2.16. The molecule has 0 heterocycles. The molecule has 0 radical (unpaired) electrons. The molecule has 0 aromatic heterocycles. The van der Waals surface area contributed by atoms with Crippen LogP contribution in [0.1, 0.15) is 19.4 Å². The summed E-state index contributed by atoms with van der Waals surface area (Å²) in [5.41, 5.74) is -0.432. The molecule has 0 atom stereocenters. The predicted molar refractivity (Wildman–Crippen MR) is 54.8 cm³/mol. The number of benzene rings is 1. The van der Waals surface area contributed by atoms with Crippen LogP contribution in [-0.2, 0) is 5.41 Å². The highest BCUT2D eigenvalue weighted by Crippen LogP contribution is 2.33. The molecule has 0 aliphatic carbocycles. The topological polar surface area (TPSA) is 9.23 Å². The molecule has 1 rings (SSSR count). The lowest BCUT2D eigenvalue weighted by atomic mass is 9.85. The molecule has 1 nitrogen and oxygen atoms in total. The predicted octanol–water partition coefficient (Wildman–Crippen LogP) is 2.88. The fourth-order valence-electron chi connectivity index (χ4n) is 1.31. The zero-order chi connectivity index (χ0) is 11.6. The number of methoxy groups -OCH3 is 1. The van der Waals surface area contributed by atoms with Crippen molar-refractivity contribution < 1.29 is 13.5 Å². The van der Waals surface area contributed by atoms with Crippen LogP contribution in [0.3, 0.4) is 0 Å². The van der Waals surface area contributed by atoms with E-state index in [4.69, 9.17) is 11.2 Å². The van der Waals surface area contributed by atoms with Gasteiger partial charge < -0.3 is 4.74 Å². The van der Waals surface area contributed by atoms with E-state index in [-0.39, 0.29) is 5.75 Å². The van der Waals surface area contributed by atoms with Gasteiger partial charge in [0.2, 0.25) is 0 Å². The van der Waals surface area contributed by atoms with E-state index in [1.165, 1.54) is 13.2 Å². The first-order valence-electron chi connectivity index (χ1n) is 4.43. The Morgan fingerprint density at radius 2 is 1.93 bits per heavy atom. The van der Waals surface area contributed by atoms with Crippen molar-refractivity contribution in [2.75, 3.05) is 7.11 Å². The van der Waals surface area contributed by atoms with E-state index in [9.17, 15) is 8.78 Å². The summed E-state index contributed by atoms with van der Waals surface area (Å²) in [5.74, 6) is 1.07. The highest BCUT2D eigenvalue weighted by molar-refractivity contribution is 5.44. The molecule has 0 bridgehead atoms. The van der Waals surface area contributed by atoms with Crippen LogP contribution in [0.2, 0.25) is 0 Å². The van der Waals surface area contributed by atoms with Crippen molar-refractivity contribution in [1.29, 1.82) is 0 Å². The third kappa shape index (κ3) is 2.10. The number of rotatable bonds is 2. The molecule has 0 saturated heterocycles. The summed E-state index contributed by atoms with van der Waals surface area (Å²) < 4.78 is 31.3. The van der Waals surface area contributed by atoms with Crippen molar-refractivity contribution in [3.63, 3.8) is 0 Å². The second-order valence-corrected chi connectivity index (χ2v) is 3.74. The number of terminal acetylenes is 1. The van der Waals surface area contributed by atoms with Gasteiger partial charge in [0.1, 0.15) is 5.82 Å². The van der Waals surface area contributed by atoms with E-state index in [1.807, 2.05) is 0 Å². The molecule has 1 aromatic rings. The van der Waals surface area contributed by atoms with Crippen molar-refractivity contribution in [2.24, 2.45) is 0 Å². The monoisotopic (exact) mass is 210 g/mol. The van der Waals surface area contributed by atoms with E-state index < -0.39 is 17.0 Å². The molecule has 0 spiro atoms. The molecule has 0 N–H and O–H groups in total. The van der Waals surface area contributed by atoms with E-state index in [2.05, 4.69) is 5.92 Å². The van der Waals surface area contributed by atoms with Crippen LogP contribution in [0.5, 0.6) is 5.75 Å². The standard InChI is InChI=1S/C12H12F2O/c1-5-12(2,3)9-6-8(13)7-10(14)11(9)15-4/h1,6-7H,2-4H3. The lowest BCUT2D eigenvalue weighted by molar-refractivity contribution is 0.372. The van der Waals surface area contributed by atoms with Crippen molar-refractivity contribution in [2.45, 2.75) is 19.3 Å². The smallest absolute Gasteiger partial charge is 0.168 e. The van der Waals surface area contributed by atoms with Gasteiger partial charge in [-0.2, -0.15) is 0 Å². The van der Waals surface area contributed by atoms with Gasteiger partial charge in [-0.3, -0.25) is 0 Å². The number of halogens is 2. The van der Waals surface area contributed by atoms with Crippen LogP contribution in [0, 0.1) is 24.0 Å². The Morgan fingerprint density at radius 3 is 2.40 bits per heavy atom. The normalized spacial score (nSPS) is 10.9. The molecule has 0 fully saturated rings. The summed E-state index contributed by atoms with van der Waals surface area (Å²) >= 11 is 0. The zero-order valence-corrected chi connectivity index (χ0v) is 8.90. The molecule has 15 heavy (non-hydrogen) atoms. The first kappa shape index (κ1) is 11.5. The molecule has 0 amide bonds.